The predicted octanol–water partition coefficient (Wildman–Crippen LogP) is 2.30. The molecule has 2 atom stereocenters. The minimum Gasteiger partial charge on any atom is -0.443 e. The lowest BCUT2D eigenvalue weighted by Gasteiger charge is -2.27. The molecule has 0 aliphatic heterocycles. The van der Waals surface area contributed by atoms with Crippen LogP contribution in [0.3, 0.4) is 0 Å². The number of hydrogen-bond acceptors (Lipinski definition) is 3. The van der Waals surface area contributed by atoms with Gasteiger partial charge >= 0.3 is 6.09 Å². The van der Waals surface area contributed by atoms with Crippen molar-refractivity contribution in [3.63, 3.8) is 0 Å². The zero-order chi connectivity index (χ0) is 14.9. The second kappa shape index (κ2) is 5.15. The third-order valence-corrected chi connectivity index (χ3v) is 3.08. The molecule has 0 aromatic heterocycles. The smallest absolute Gasteiger partial charge is 0.415 e. The van der Waals surface area contributed by atoms with Crippen molar-refractivity contribution < 1.29 is 14.3 Å². The second-order valence-corrected chi connectivity index (χ2v) is 6.00. The molecule has 2 amide bonds. The number of carbonyl (C=O) groups is 2. The van der Waals surface area contributed by atoms with E-state index in [2.05, 4.69) is 0 Å². The van der Waals surface area contributed by atoms with Crippen molar-refractivity contribution in [3.8, 4) is 0 Å². The van der Waals surface area contributed by atoms with E-state index in [1.54, 1.807) is 0 Å². The molecule has 5 nitrogen and oxygen atoms in total. The molecule has 1 fully saturated rings. The summed E-state index contributed by atoms with van der Waals surface area (Å²) in [6.45, 7) is 5.44. The molecule has 1 saturated carbocycles. The number of rotatable bonds is 3. The number of benzene rings is 1. The fourth-order valence-corrected chi connectivity index (χ4v) is 2.10. The highest BCUT2D eigenvalue weighted by Crippen LogP contribution is 2.39. The van der Waals surface area contributed by atoms with Crippen LogP contribution in [0.15, 0.2) is 30.3 Å². The lowest BCUT2D eigenvalue weighted by molar-refractivity contribution is -0.119. The van der Waals surface area contributed by atoms with E-state index in [9.17, 15) is 9.59 Å². The Morgan fingerprint density at radius 2 is 1.85 bits per heavy atom. The quantitative estimate of drug-likeness (QED) is 0.920. The molecule has 108 valence electrons. The van der Waals surface area contributed by atoms with Gasteiger partial charge in [0.15, 0.2) is 0 Å². The van der Waals surface area contributed by atoms with E-state index >= 15 is 0 Å². The van der Waals surface area contributed by atoms with E-state index in [1.807, 2.05) is 51.1 Å². The van der Waals surface area contributed by atoms with Crippen LogP contribution in [0, 0.1) is 5.92 Å². The molecule has 0 heterocycles. The van der Waals surface area contributed by atoms with E-state index in [4.69, 9.17) is 10.5 Å². The summed E-state index contributed by atoms with van der Waals surface area (Å²) in [5, 5.41) is 0. The van der Waals surface area contributed by atoms with Crippen LogP contribution in [-0.4, -0.2) is 23.6 Å². The Labute approximate surface area is 118 Å². The Balaban J connectivity index is 2.22. The number of ether oxygens (including phenoxy) is 1. The van der Waals surface area contributed by atoms with E-state index in [-0.39, 0.29) is 17.9 Å². The lowest BCUT2D eigenvalue weighted by Crippen LogP contribution is -2.40. The van der Waals surface area contributed by atoms with Crippen LogP contribution in [0.25, 0.3) is 0 Å². The topological polar surface area (TPSA) is 72.6 Å². The maximum Gasteiger partial charge on any atom is 0.415 e. The summed E-state index contributed by atoms with van der Waals surface area (Å²) in [4.78, 5) is 25.1. The van der Waals surface area contributed by atoms with Gasteiger partial charge in [-0.3, -0.25) is 9.69 Å². The summed E-state index contributed by atoms with van der Waals surface area (Å²) in [5.74, 6) is -0.665. The molecule has 1 aromatic rings. The Morgan fingerprint density at radius 3 is 2.30 bits per heavy atom. The first-order chi connectivity index (χ1) is 9.29. The van der Waals surface area contributed by atoms with E-state index in [1.165, 1.54) is 4.90 Å². The van der Waals surface area contributed by atoms with Gasteiger partial charge in [0.05, 0.1) is 12.0 Å². The van der Waals surface area contributed by atoms with Crippen molar-refractivity contribution in [2.75, 3.05) is 4.90 Å². The Hall–Kier alpha value is -2.04. The van der Waals surface area contributed by atoms with Crippen molar-refractivity contribution in [2.24, 2.45) is 11.7 Å². The van der Waals surface area contributed by atoms with Gasteiger partial charge in [0.1, 0.15) is 5.60 Å². The number of nitrogens with zero attached hydrogens (tertiary/aromatic N) is 1. The molecule has 0 saturated heterocycles. The number of nitrogens with two attached hydrogens (primary N) is 1. The molecule has 1 aromatic carbocycles. The van der Waals surface area contributed by atoms with Crippen molar-refractivity contribution in [1.82, 2.24) is 0 Å². The number of amides is 2. The molecule has 0 radical (unpaired) electrons. The Kier molecular flexibility index (Phi) is 3.70. The summed E-state index contributed by atoms with van der Waals surface area (Å²) in [6, 6.07) is 8.99. The van der Waals surface area contributed by atoms with Gasteiger partial charge < -0.3 is 10.5 Å². The highest BCUT2D eigenvalue weighted by atomic mass is 16.6. The molecule has 0 spiro atoms. The van der Waals surface area contributed by atoms with Crippen molar-refractivity contribution in [3.05, 3.63) is 30.3 Å². The van der Waals surface area contributed by atoms with Crippen LogP contribution in [0.1, 0.15) is 27.2 Å². The number of hydrogen-bond donors (Lipinski definition) is 1. The van der Waals surface area contributed by atoms with Crippen LogP contribution in [0.5, 0.6) is 0 Å². The van der Waals surface area contributed by atoms with Crippen LogP contribution >= 0.6 is 0 Å². The van der Waals surface area contributed by atoms with Crippen molar-refractivity contribution >= 4 is 17.7 Å². The van der Waals surface area contributed by atoms with Gasteiger partial charge in [0.2, 0.25) is 5.91 Å². The van der Waals surface area contributed by atoms with E-state index < -0.39 is 11.7 Å². The van der Waals surface area contributed by atoms with Gasteiger partial charge in [-0.1, -0.05) is 18.2 Å². The highest BCUT2D eigenvalue weighted by Gasteiger charge is 2.49. The molecule has 2 unspecified atom stereocenters. The van der Waals surface area contributed by atoms with Gasteiger partial charge in [-0.15, -0.1) is 0 Å². The molecule has 5 heteroatoms. The SMILES string of the molecule is CC(C)(C)OC(=O)N(c1ccccc1)C1CC1C(N)=O. The predicted molar refractivity (Wildman–Crippen MR) is 76.2 cm³/mol. The first-order valence-electron chi connectivity index (χ1n) is 6.66. The normalized spacial score (nSPS) is 21.1. The number of para-hydroxylation sites is 1. The van der Waals surface area contributed by atoms with Crippen molar-refractivity contribution in [1.29, 1.82) is 0 Å². The summed E-state index contributed by atoms with van der Waals surface area (Å²) < 4.78 is 5.42. The van der Waals surface area contributed by atoms with Gasteiger partial charge in [0.25, 0.3) is 0 Å². The summed E-state index contributed by atoms with van der Waals surface area (Å²) >= 11 is 0. The fraction of sp³-hybridized carbons (Fsp3) is 0.467. The molecular formula is C15H20N2O3. The van der Waals surface area contributed by atoms with Crippen LogP contribution in [0.4, 0.5) is 10.5 Å². The standard InChI is InChI=1S/C15H20N2O3/c1-15(2,3)20-14(19)17(10-7-5-4-6-8-10)12-9-11(12)13(16)18/h4-8,11-12H,9H2,1-3H3,(H2,16,18). The highest BCUT2D eigenvalue weighted by molar-refractivity contribution is 5.92. The van der Waals surface area contributed by atoms with Gasteiger partial charge in [-0.05, 0) is 39.3 Å². The molecular weight excluding hydrogens is 256 g/mol. The summed E-state index contributed by atoms with van der Waals surface area (Å²) in [6.07, 6.45) is 0.140. The maximum atomic E-state index is 12.4. The third kappa shape index (κ3) is 3.29. The zero-order valence-electron chi connectivity index (χ0n) is 12.0. The molecule has 0 bridgehead atoms. The van der Waals surface area contributed by atoms with Gasteiger partial charge in [-0.2, -0.15) is 0 Å². The molecule has 1 aliphatic rings. The summed E-state index contributed by atoms with van der Waals surface area (Å²) in [7, 11) is 0. The second-order valence-electron chi connectivity index (χ2n) is 6.00. The van der Waals surface area contributed by atoms with E-state index in [0.717, 1.165) is 5.69 Å². The average molecular weight is 276 g/mol. The Bertz CT molecular complexity index is 508. The van der Waals surface area contributed by atoms with Crippen molar-refractivity contribution in [2.45, 2.75) is 38.8 Å². The fourth-order valence-electron chi connectivity index (χ4n) is 2.10. The largest absolute Gasteiger partial charge is 0.443 e. The van der Waals surface area contributed by atoms with Gasteiger partial charge in [-0.25, -0.2) is 4.79 Å². The molecule has 1 aliphatic carbocycles. The minimum atomic E-state index is -0.582. The third-order valence-electron chi connectivity index (χ3n) is 3.08. The lowest BCUT2D eigenvalue weighted by atomic mass is 10.2. The first kappa shape index (κ1) is 14.4. The molecule has 2 N–H and O–H groups in total. The van der Waals surface area contributed by atoms with Gasteiger partial charge in [0, 0.05) is 5.69 Å². The Morgan fingerprint density at radius 1 is 1.25 bits per heavy atom. The van der Waals surface area contributed by atoms with Crippen LogP contribution < -0.4 is 10.6 Å². The van der Waals surface area contributed by atoms with Crippen LogP contribution in [0.2, 0.25) is 0 Å². The molecule has 2 rings (SSSR count). The monoisotopic (exact) mass is 276 g/mol. The number of carbonyl (C=O) groups excluding carboxylic acids is 2. The maximum absolute atomic E-state index is 12.4. The number of anilines is 1. The minimum absolute atomic E-state index is 0.204. The zero-order valence-corrected chi connectivity index (χ0v) is 12.0. The molecule has 20 heavy (non-hydrogen) atoms. The number of primary amides is 1. The first-order valence-corrected chi connectivity index (χ1v) is 6.66. The average Bonchev–Trinajstić information content (AvgIpc) is 3.08. The van der Waals surface area contributed by atoms with Crippen LogP contribution in [-0.2, 0) is 9.53 Å². The summed E-state index contributed by atoms with van der Waals surface area (Å²) in [5.41, 5.74) is 5.45. The van der Waals surface area contributed by atoms with E-state index in [0.29, 0.717) is 6.42 Å².